The molecule has 3 aromatic carbocycles. The highest BCUT2D eigenvalue weighted by atomic mass is 16.5. The zero-order chi connectivity index (χ0) is 21.3. The fourth-order valence-corrected chi connectivity index (χ4v) is 4.12. The van der Waals surface area contributed by atoms with Crippen LogP contribution in [-0.4, -0.2) is 48.0 Å². The molecular formula is C27H30N2O2. The van der Waals surface area contributed by atoms with Crippen molar-refractivity contribution >= 4 is 5.91 Å². The van der Waals surface area contributed by atoms with Crippen LogP contribution in [0.2, 0.25) is 0 Å². The van der Waals surface area contributed by atoms with Gasteiger partial charge in [-0.2, -0.15) is 0 Å². The maximum Gasteiger partial charge on any atom is 0.224 e. The molecule has 1 aliphatic heterocycles. The number of ether oxygens (including phenoxy) is 1. The van der Waals surface area contributed by atoms with Crippen molar-refractivity contribution in [3.05, 3.63) is 102 Å². The Morgan fingerprint density at radius 1 is 0.742 bits per heavy atom. The van der Waals surface area contributed by atoms with Gasteiger partial charge in [0, 0.05) is 32.6 Å². The Bertz CT molecular complexity index is 931. The molecule has 0 N–H and O–H groups in total. The summed E-state index contributed by atoms with van der Waals surface area (Å²) in [6, 6.07) is 30.7. The third kappa shape index (κ3) is 6.19. The molecule has 1 fully saturated rings. The largest absolute Gasteiger partial charge is 0.491 e. The monoisotopic (exact) mass is 414 g/mol. The van der Waals surface area contributed by atoms with Crippen LogP contribution in [0.25, 0.3) is 0 Å². The van der Waals surface area contributed by atoms with Crippen molar-refractivity contribution in [1.82, 2.24) is 9.80 Å². The van der Waals surface area contributed by atoms with Crippen molar-refractivity contribution < 1.29 is 9.53 Å². The number of carbonyl (C=O) groups excluding carboxylic acids is 1. The maximum absolute atomic E-state index is 13.1. The average Bonchev–Trinajstić information content (AvgIpc) is 3.00. The molecule has 0 unspecified atom stereocenters. The number of carbonyl (C=O) groups is 1. The number of amides is 1. The fourth-order valence-electron chi connectivity index (χ4n) is 4.12. The van der Waals surface area contributed by atoms with Gasteiger partial charge >= 0.3 is 0 Å². The van der Waals surface area contributed by atoms with E-state index >= 15 is 0 Å². The van der Waals surface area contributed by atoms with Gasteiger partial charge in [-0.25, -0.2) is 0 Å². The smallest absolute Gasteiger partial charge is 0.224 e. The quantitative estimate of drug-likeness (QED) is 0.547. The Morgan fingerprint density at radius 3 is 2.03 bits per heavy atom. The van der Waals surface area contributed by atoms with Gasteiger partial charge in [0.15, 0.2) is 0 Å². The van der Waals surface area contributed by atoms with Gasteiger partial charge < -0.3 is 9.64 Å². The first kappa shape index (κ1) is 21.1. The van der Waals surface area contributed by atoms with E-state index in [1.165, 1.54) is 11.1 Å². The van der Waals surface area contributed by atoms with Crippen LogP contribution in [0.5, 0.6) is 5.75 Å². The van der Waals surface area contributed by atoms with Crippen LogP contribution in [0.15, 0.2) is 91.0 Å². The predicted molar refractivity (Wildman–Crippen MR) is 124 cm³/mol. The van der Waals surface area contributed by atoms with Gasteiger partial charge in [0.25, 0.3) is 0 Å². The van der Waals surface area contributed by atoms with E-state index < -0.39 is 0 Å². The summed E-state index contributed by atoms with van der Waals surface area (Å²) in [5.74, 6) is 1.06. The van der Waals surface area contributed by atoms with Crippen molar-refractivity contribution in [1.29, 1.82) is 0 Å². The van der Waals surface area contributed by atoms with Gasteiger partial charge in [0.2, 0.25) is 5.91 Å². The van der Waals surface area contributed by atoms with Crippen LogP contribution in [0.3, 0.4) is 0 Å². The molecule has 1 amide bonds. The topological polar surface area (TPSA) is 32.8 Å². The van der Waals surface area contributed by atoms with Crippen molar-refractivity contribution in [2.75, 3.05) is 26.2 Å². The standard InChI is InChI=1S/C27H30N2O2/c30-27-16-17-28(21-24-12-6-2-7-13-24)18-19-29(27)25(20-23-10-4-1-5-11-23)22-31-26-14-8-3-9-15-26/h1-15,25H,16-22H2/t25-/m0/s1. The number of rotatable bonds is 8. The highest BCUT2D eigenvalue weighted by molar-refractivity contribution is 5.77. The molecule has 4 heteroatoms. The lowest BCUT2D eigenvalue weighted by Gasteiger charge is -2.31. The molecule has 1 heterocycles. The molecular weight excluding hydrogens is 384 g/mol. The van der Waals surface area contributed by atoms with E-state index in [2.05, 4.69) is 53.4 Å². The van der Waals surface area contributed by atoms with Crippen molar-refractivity contribution in [2.45, 2.75) is 25.4 Å². The number of benzene rings is 3. The van der Waals surface area contributed by atoms with E-state index in [1.54, 1.807) is 0 Å². The number of hydrogen-bond donors (Lipinski definition) is 0. The second-order valence-corrected chi connectivity index (χ2v) is 8.07. The molecule has 1 aliphatic rings. The molecule has 160 valence electrons. The van der Waals surface area contributed by atoms with E-state index in [4.69, 9.17) is 4.74 Å². The molecule has 0 aliphatic carbocycles. The lowest BCUT2D eigenvalue weighted by atomic mass is 10.0. The predicted octanol–water partition coefficient (Wildman–Crippen LogP) is 4.41. The van der Waals surface area contributed by atoms with Crippen molar-refractivity contribution in [3.63, 3.8) is 0 Å². The Balaban J connectivity index is 1.45. The molecule has 1 atom stereocenters. The lowest BCUT2D eigenvalue weighted by molar-refractivity contribution is -0.133. The van der Waals surface area contributed by atoms with Crippen LogP contribution in [0.4, 0.5) is 0 Å². The summed E-state index contributed by atoms with van der Waals surface area (Å²) in [6.07, 6.45) is 1.33. The first-order valence-electron chi connectivity index (χ1n) is 11.1. The SMILES string of the molecule is O=C1CCN(Cc2ccccc2)CCN1[C@H](COc1ccccc1)Cc1ccccc1. The van der Waals surface area contributed by atoms with E-state index in [1.807, 2.05) is 47.4 Å². The molecule has 3 aromatic rings. The third-order valence-electron chi connectivity index (χ3n) is 5.81. The van der Waals surface area contributed by atoms with Crippen LogP contribution >= 0.6 is 0 Å². The Labute approximate surface area is 185 Å². The van der Waals surface area contributed by atoms with Crippen LogP contribution < -0.4 is 4.74 Å². The summed E-state index contributed by atoms with van der Waals surface area (Å²) in [5.41, 5.74) is 2.51. The third-order valence-corrected chi connectivity index (χ3v) is 5.81. The fraction of sp³-hybridized carbons (Fsp3) is 0.296. The average molecular weight is 415 g/mol. The van der Waals surface area contributed by atoms with Crippen LogP contribution in [0.1, 0.15) is 17.5 Å². The summed E-state index contributed by atoms with van der Waals surface area (Å²) < 4.78 is 6.10. The second kappa shape index (κ2) is 10.8. The van der Waals surface area contributed by atoms with Gasteiger partial charge in [0.05, 0.1) is 6.04 Å². The molecule has 0 radical (unpaired) electrons. The number of para-hydroxylation sites is 1. The van der Waals surface area contributed by atoms with E-state index in [0.717, 1.165) is 38.3 Å². The number of hydrogen-bond acceptors (Lipinski definition) is 3. The second-order valence-electron chi connectivity index (χ2n) is 8.07. The molecule has 31 heavy (non-hydrogen) atoms. The molecule has 4 rings (SSSR count). The lowest BCUT2D eigenvalue weighted by Crippen LogP contribution is -2.46. The van der Waals surface area contributed by atoms with E-state index in [-0.39, 0.29) is 11.9 Å². The van der Waals surface area contributed by atoms with Crippen molar-refractivity contribution in [3.8, 4) is 5.75 Å². The minimum absolute atomic E-state index is 0.00628. The van der Waals surface area contributed by atoms with Gasteiger partial charge in [-0.15, -0.1) is 0 Å². The Morgan fingerprint density at radius 2 is 1.35 bits per heavy atom. The minimum Gasteiger partial charge on any atom is -0.491 e. The molecule has 1 saturated heterocycles. The summed E-state index contributed by atoms with van der Waals surface area (Å²) in [5, 5.41) is 0. The maximum atomic E-state index is 13.1. The normalized spacial score (nSPS) is 16.0. The number of nitrogens with zero attached hydrogens (tertiary/aromatic N) is 2. The van der Waals surface area contributed by atoms with Crippen LogP contribution in [-0.2, 0) is 17.8 Å². The highest BCUT2D eigenvalue weighted by Gasteiger charge is 2.28. The highest BCUT2D eigenvalue weighted by Crippen LogP contribution is 2.17. The Hall–Kier alpha value is -3.11. The van der Waals surface area contributed by atoms with Crippen LogP contribution in [0, 0.1) is 0 Å². The summed E-state index contributed by atoms with van der Waals surface area (Å²) in [4.78, 5) is 17.5. The van der Waals surface area contributed by atoms with Crippen molar-refractivity contribution in [2.24, 2.45) is 0 Å². The summed E-state index contributed by atoms with van der Waals surface area (Å²) in [6.45, 7) is 3.76. The van der Waals surface area contributed by atoms with Gasteiger partial charge in [0.1, 0.15) is 12.4 Å². The zero-order valence-electron chi connectivity index (χ0n) is 17.9. The molecule has 0 bridgehead atoms. The van der Waals surface area contributed by atoms with E-state index in [0.29, 0.717) is 13.0 Å². The first-order valence-corrected chi connectivity index (χ1v) is 11.1. The van der Waals surface area contributed by atoms with E-state index in [9.17, 15) is 4.79 Å². The first-order chi connectivity index (χ1) is 15.3. The zero-order valence-corrected chi connectivity index (χ0v) is 17.9. The van der Waals surface area contributed by atoms with Gasteiger partial charge in [-0.05, 0) is 29.7 Å². The molecule has 0 aromatic heterocycles. The summed E-state index contributed by atoms with van der Waals surface area (Å²) in [7, 11) is 0. The Kier molecular flexibility index (Phi) is 7.35. The van der Waals surface area contributed by atoms with Gasteiger partial charge in [-0.1, -0.05) is 78.9 Å². The molecule has 0 saturated carbocycles. The molecule has 0 spiro atoms. The summed E-state index contributed by atoms with van der Waals surface area (Å²) >= 11 is 0. The molecule has 4 nitrogen and oxygen atoms in total. The van der Waals surface area contributed by atoms with Gasteiger partial charge in [-0.3, -0.25) is 9.69 Å². The minimum atomic E-state index is 0.00628.